The van der Waals surface area contributed by atoms with E-state index in [2.05, 4.69) is 9.97 Å². The molecule has 1 aliphatic heterocycles. The molecule has 2 aromatic rings. The maximum absolute atomic E-state index is 13.4. The minimum absolute atomic E-state index is 0.0591. The Bertz CT molecular complexity index is 818. The maximum atomic E-state index is 13.4. The summed E-state index contributed by atoms with van der Waals surface area (Å²) in [7, 11) is 0. The third-order valence-electron chi connectivity index (χ3n) is 4.39. The van der Waals surface area contributed by atoms with Gasteiger partial charge in [0.15, 0.2) is 0 Å². The summed E-state index contributed by atoms with van der Waals surface area (Å²) < 4.78 is 52.4. The highest BCUT2D eigenvalue weighted by Crippen LogP contribution is 2.33. The number of nitrogens with zero attached hydrogens (tertiary/aromatic N) is 3. The molecule has 0 aliphatic carbocycles. The van der Waals surface area contributed by atoms with Crippen molar-refractivity contribution in [2.45, 2.75) is 39.2 Å². The SMILES string of the molecule is Cc1cc(C(F)(F)F)nc(-c2ccc(CN3CCCC3=O)nc2)c1CF. The van der Waals surface area contributed by atoms with E-state index in [0.29, 0.717) is 30.8 Å². The number of hydrogen-bond donors (Lipinski definition) is 0. The molecule has 1 saturated heterocycles. The molecule has 1 aliphatic rings. The van der Waals surface area contributed by atoms with Gasteiger partial charge in [0.1, 0.15) is 12.4 Å². The zero-order valence-electron chi connectivity index (χ0n) is 14.1. The summed E-state index contributed by atoms with van der Waals surface area (Å²) in [4.78, 5) is 21.2. The third-order valence-corrected chi connectivity index (χ3v) is 4.39. The van der Waals surface area contributed by atoms with Crippen molar-refractivity contribution in [3.63, 3.8) is 0 Å². The Labute approximate surface area is 147 Å². The summed E-state index contributed by atoms with van der Waals surface area (Å²) in [5.41, 5.74) is 0.113. The van der Waals surface area contributed by atoms with Crippen LogP contribution in [0.15, 0.2) is 24.4 Å². The van der Waals surface area contributed by atoms with Gasteiger partial charge in [-0.25, -0.2) is 9.37 Å². The van der Waals surface area contributed by atoms with Crippen LogP contribution in [0, 0.1) is 6.92 Å². The van der Waals surface area contributed by atoms with Gasteiger partial charge in [0, 0.05) is 30.3 Å². The van der Waals surface area contributed by atoms with E-state index >= 15 is 0 Å². The first-order chi connectivity index (χ1) is 12.3. The van der Waals surface area contributed by atoms with Gasteiger partial charge in [-0.15, -0.1) is 0 Å². The summed E-state index contributed by atoms with van der Waals surface area (Å²) in [5, 5.41) is 0. The monoisotopic (exact) mass is 367 g/mol. The van der Waals surface area contributed by atoms with Crippen LogP contribution >= 0.6 is 0 Å². The number of pyridine rings is 2. The Kier molecular flexibility index (Phi) is 4.93. The van der Waals surface area contributed by atoms with E-state index in [1.807, 2.05) is 0 Å². The standard InChI is InChI=1S/C18H17F4N3O/c1-11-7-15(18(20,21)22)24-17(14(11)8-19)12-4-5-13(23-9-12)10-25-6-2-3-16(25)26/h4-5,7,9H,2-3,6,8,10H2,1H3. The van der Waals surface area contributed by atoms with Crippen molar-refractivity contribution in [2.75, 3.05) is 6.54 Å². The molecule has 0 N–H and O–H groups in total. The zero-order chi connectivity index (χ0) is 18.9. The van der Waals surface area contributed by atoms with Gasteiger partial charge in [0.2, 0.25) is 5.91 Å². The van der Waals surface area contributed by atoms with Crippen LogP contribution in [0.1, 0.15) is 35.4 Å². The zero-order valence-corrected chi connectivity index (χ0v) is 14.1. The summed E-state index contributed by atoms with van der Waals surface area (Å²) >= 11 is 0. The van der Waals surface area contributed by atoms with Crippen LogP contribution in [0.2, 0.25) is 0 Å². The number of hydrogen-bond acceptors (Lipinski definition) is 3. The molecule has 0 aromatic carbocycles. The summed E-state index contributed by atoms with van der Waals surface area (Å²) in [6.45, 7) is 1.53. The van der Waals surface area contributed by atoms with Gasteiger partial charge >= 0.3 is 6.18 Å². The lowest BCUT2D eigenvalue weighted by Crippen LogP contribution is -2.24. The quantitative estimate of drug-likeness (QED) is 0.766. The minimum atomic E-state index is -4.61. The molecule has 1 fully saturated rings. The van der Waals surface area contributed by atoms with Crippen molar-refractivity contribution < 1.29 is 22.4 Å². The van der Waals surface area contributed by atoms with Crippen LogP contribution in [0.25, 0.3) is 11.3 Å². The highest BCUT2D eigenvalue weighted by atomic mass is 19.4. The first-order valence-electron chi connectivity index (χ1n) is 8.16. The van der Waals surface area contributed by atoms with Crippen LogP contribution in [-0.4, -0.2) is 27.3 Å². The van der Waals surface area contributed by atoms with E-state index in [4.69, 9.17) is 0 Å². The number of carbonyl (C=O) groups excluding carboxylic acids is 1. The van der Waals surface area contributed by atoms with Gasteiger partial charge in [0.05, 0.1) is 17.9 Å². The number of amides is 1. The van der Waals surface area contributed by atoms with Gasteiger partial charge < -0.3 is 4.90 Å². The Morgan fingerprint density at radius 2 is 2.04 bits per heavy atom. The van der Waals surface area contributed by atoms with Crippen LogP contribution < -0.4 is 0 Å². The van der Waals surface area contributed by atoms with E-state index in [0.717, 1.165) is 12.5 Å². The summed E-state index contributed by atoms with van der Waals surface area (Å²) in [5.74, 6) is 0.0609. The molecule has 0 bridgehead atoms. The molecule has 2 aromatic heterocycles. The van der Waals surface area contributed by atoms with Crippen molar-refractivity contribution in [3.8, 4) is 11.3 Å². The fourth-order valence-corrected chi connectivity index (χ4v) is 2.98. The first-order valence-corrected chi connectivity index (χ1v) is 8.16. The molecule has 3 rings (SSSR count). The average Bonchev–Trinajstić information content (AvgIpc) is 2.99. The molecule has 0 saturated carbocycles. The fraction of sp³-hybridized carbons (Fsp3) is 0.389. The second-order valence-electron chi connectivity index (χ2n) is 6.24. The number of carbonyl (C=O) groups is 1. The normalized spacial score (nSPS) is 15.0. The summed E-state index contributed by atoms with van der Waals surface area (Å²) in [6, 6.07) is 4.03. The molecule has 0 unspecified atom stereocenters. The van der Waals surface area contributed by atoms with E-state index in [-0.39, 0.29) is 22.7 Å². The van der Waals surface area contributed by atoms with Crippen molar-refractivity contribution in [1.29, 1.82) is 0 Å². The predicted octanol–water partition coefficient (Wildman–Crippen LogP) is 4.06. The Balaban J connectivity index is 1.93. The fourth-order valence-electron chi connectivity index (χ4n) is 2.98. The van der Waals surface area contributed by atoms with Crippen molar-refractivity contribution in [1.82, 2.24) is 14.9 Å². The predicted molar refractivity (Wildman–Crippen MR) is 86.7 cm³/mol. The molecule has 8 heteroatoms. The van der Waals surface area contributed by atoms with Crippen molar-refractivity contribution >= 4 is 5.91 Å². The molecule has 0 spiro atoms. The Morgan fingerprint density at radius 1 is 1.27 bits per heavy atom. The van der Waals surface area contributed by atoms with E-state index in [1.54, 1.807) is 17.0 Å². The van der Waals surface area contributed by atoms with Crippen LogP contribution in [0.5, 0.6) is 0 Å². The number of likely N-dealkylation sites (tertiary alicyclic amines) is 1. The average molecular weight is 367 g/mol. The highest BCUT2D eigenvalue weighted by Gasteiger charge is 2.34. The molecule has 1 amide bonds. The Hall–Kier alpha value is -2.51. The molecule has 3 heterocycles. The number of aromatic nitrogens is 2. The molecule has 138 valence electrons. The lowest BCUT2D eigenvalue weighted by molar-refractivity contribution is -0.141. The van der Waals surface area contributed by atoms with E-state index < -0.39 is 18.5 Å². The number of alkyl halides is 4. The van der Waals surface area contributed by atoms with Crippen molar-refractivity contribution in [2.24, 2.45) is 0 Å². The van der Waals surface area contributed by atoms with E-state index in [9.17, 15) is 22.4 Å². The van der Waals surface area contributed by atoms with Crippen molar-refractivity contribution in [3.05, 3.63) is 46.9 Å². The first kappa shape index (κ1) is 18.3. The van der Waals surface area contributed by atoms with Gasteiger partial charge in [0.25, 0.3) is 0 Å². The number of rotatable bonds is 4. The number of halogens is 4. The summed E-state index contributed by atoms with van der Waals surface area (Å²) in [6.07, 6.45) is -1.91. The van der Waals surface area contributed by atoms with Gasteiger partial charge in [-0.3, -0.25) is 9.78 Å². The highest BCUT2D eigenvalue weighted by molar-refractivity contribution is 5.78. The van der Waals surface area contributed by atoms with E-state index in [1.165, 1.54) is 13.1 Å². The van der Waals surface area contributed by atoms with Gasteiger partial charge in [-0.2, -0.15) is 13.2 Å². The molecule has 26 heavy (non-hydrogen) atoms. The third kappa shape index (κ3) is 3.68. The molecule has 0 atom stereocenters. The maximum Gasteiger partial charge on any atom is 0.433 e. The van der Waals surface area contributed by atoms with Crippen LogP contribution in [-0.2, 0) is 24.2 Å². The molecule has 0 radical (unpaired) electrons. The lowest BCUT2D eigenvalue weighted by Gasteiger charge is -2.16. The number of aryl methyl sites for hydroxylation is 1. The smallest absolute Gasteiger partial charge is 0.337 e. The Morgan fingerprint density at radius 3 is 2.58 bits per heavy atom. The topological polar surface area (TPSA) is 46.1 Å². The second-order valence-corrected chi connectivity index (χ2v) is 6.24. The molecule has 4 nitrogen and oxygen atoms in total. The van der Waals surface area contributed by atoms with Gasteiger partial charge in [-0.1, -0.05) is 0 Å². The van der Waals surface area contributed by atoms with Gasteiger partial charge in [-0.05, 0) is 37.1 Å². The lowest BCUT2D eigenvalue weighted by atomic mass is 10.0. The molecular weight excluding hydrogens is 350 g/mol. The second kappa shape index (κ2) is 7.01. The minimum Gasteiger partial charge on any atom is -0.337 e. The van der Waals surface area contributed by atoms with Crippen LogP contribution in [0.4, 0.5) is 17.6 Å². The van der Waals surface area contributed by atoms with Crippen LogP contribution in [0.3, 0.4) is 0 Å². The molecular formula is C18H17F4N3O. The largest absolute Gasteiger partial charge is 0.433 e.